The van der Waals surface area contributed by atoms with Crippen molar-refractivity contribution in [3.05, 3.63) is 77.5 Å². The van der Waals surface area contributed by atoms with Gasteiger partial charge in [0.05, 0.1) is 25.0 Å². The van der Waals surface area contributed by atoms with Gasteiger partial charge in [0.1, 0.15) is 0 Å². The van der Waals surface area contributed by atoms with Crippen molar-refractivity contribution in [1.82, 2.24) is 5.32 Å². The van der Waals surface area contributed by atoms with Gasteiger partial charge in [-0.05, 0) is 37.6 Å². The second-order valence-corrected chi connectivity index (χ2v) is 8.17. The van der Waals surface area contributed by atoms with Gasteiger partial charge in [-0.15, -0.1) is 0 Å². The molecular weight excluding hydrogens is 403 g/mol. The van der Waals surface area contributed by atoms with Gasteiger partial charge < -0.3 is 14.4 Å². The van der Waals surface area contributed by atoms with E-state index >= 15 is 0 Å². The van der Waals surface area contributed by atoms with Crippen molar-refractivity contribution in [1.29, 1.82) is 5.26 Å². The van der Waals surface area contributed by atoms with Crippen molar-refractivity contribution >= 4 is 25.4 Å². The SMILES string of the molecule is CCOP(=O)(OCC)C(C#N)C(=O)/C(=C\c1ccccc1)NC(=O)c1ccccc1. The third kappa shape index (κ3) is 5.98. The molecule has 0 aromatic heterocycles. The zero-order valence-corrected chi connectivity index (χ0v) is 17.7. The van der Waals surface area contributed by atoms with Crippen LogP contribution in [0.3, 0.4) is 0 Å². The Morgan fingerprint density at radius 3 is 2.07 bits per heavy atom. The van der Waals surface area contributed by atoms with E-state index in [9.17, 15) is 19.4 Å². The molecule has 156 valence electrons. The quantitative estimate of drug-likeness (QED) is 0.451. The third-order valence-corrected chi connectivity index (χ3v) is 6.18. The number of rotatable bonds is 10. The molecule has 0 heterocycles. The Bertz CT molecular complexity index is 974. The van der Waals surface area contributed by atoms with Gasteiger partial charge in [0.2, 0.25) is 11.4 Å². The van der Waals surface area contributed by atoms with Crippen molar-refractivity contribution in [2.45, 2.75) is 19.5 Å². The molecule has 8 heteroatoms. The molecule has 1 amide bonds. The molecule has 0 fully saturated rings. The molecule has 1 unspecified atom stereocenters. The molecule has 0 radical (unpaired) electrons. The van der Waals surface area contributed by atoms with E-state index in [4.69, 9.17) is 9.05 Å². The Balaban J connectivity index is 2.45. The number of benzene rings is 2. The highest BCUT2D eigenvalue weighted by atomic mass is 31.2. The van der Waals surface area contributed by atoms with Crippen molar-refractivity contribution in [2.24, 2.45) is 0 Å². The van der Waals surface area contributed by atoms with Crippen molar-refractivity contribution in [2.75, 3.05) is 13.2 Å². The number of nitrogens with one attached hydrogen (secondary N) is 1. The zero-order valence-electron chi connectivity index (χ0n) is 16.8. The first-order chi connectivity index (χ1) is 14.4. The highest BCUT2D eigenvalue weighted by Crippen LogP contribution is 2.53. The van der Waals surface area contributed by atoms with Crippen molar-refractivity contribution in [3.8, 4) is 6.07 Å². The minimum absolute atomic E-state index is 0.00313. The summed E-state index contributed by atoms with van der Waals surface area (Å²) in [5, 5.41) is 12.2. The monoisotopic (exact) mass is 426 g/mol. The van der Waals surface area contributed by atoms with Crippen LogP contribution in [0.5, 0.6) is 0 Å². The Morgan fingerprint density at radius 2 is 1.57 bits per heavy atom. The minimum Gasteiger partial charge on any atom is -0.319 e. The van der Waals surface area contributed by atoms with E-state index in [0.717, 1.165) is 0 Å². The molecule has 0 saturated heterocycles. The summed E-state index contributed by atoms with van der Waals surface area (Å²) in [7, 11) is -4.06. The number of nitriles is 1. The Kier molecular flexibility index (Phi) is 8.70. The number of carbonyl (C=O) groups is 2. The summed E-state index contributed by atoms with van der Waals surface area (Å²) in [4.78, 5) is 25.8. The molecule has 0 aliphatic carbocycles. The van der Waals surface area contributed by atoms with Crippen LogP contribution in [0.15, 0.2) is 66.4 Å². The molecule has 0 aliphatic heterocycles. The van der Waals surface area contributed by atoms with Gasteiger partial charge in [-0.1, -0.05) is 48.5 Å². The number of hydrogen-bond acceptors (Lipinski definition) is 6. The molecule has 0 saturated carbocycles. The van der Waals surface area contributed by atoms with E-state index in [0.29, 0.717) is 11.1 Å². The lowest BCUT2D eigenvalue weighted by Crippen LogP contribution is -2.33. The van der Waals surface area contributed by atoms with E-state index < -0.39 is 24.9 Å². The Hall–Kier alpha value is -3.04. The molecule has 2 rings (SSSR count). The highest BCUT2D eigenvalue weighted by Gasteiger charge is 2.43. The van der Waals surface area contributed by atoms with Gasteiger partial charge in [-0.2, -0.15) is 5.26 Å². The van der Waals surface area contributed by atoms with Crippen LogP contribution in [-0.4, -0.2) is 30.6 Å². The fraction of sp³-hybridized carbons (Fsp3) is 0.227. The fourth-order valence-corrected chi connectivity index (χ4v) is 4.30. The van der Waals surface area contributed by atoms with Crippen molar-refractivity contribution in [3.63, 3.8) is 0 Å². The van der Waals surface area contributed by atoms with E-state index in [1.54, 1.807) is 80.6 Å². The summed E-state index contributed by atoms with van der Waals surface area (Å²) in [6.07, 6.45) is 1.43. The predicted molar refractivity (Wildman–Crippen MR) is 114 cm³/mol. The summed E-state index contributed by atoms with van der Waals surface area (Å²) in [5.41, 5.74) is -0.950. The van der Waals surface area contributed by atoms with Gasteiger partial charge in [0.25, 0.3) is 5.91 Å². The molecule has 0 aliphatic rings. The first kappa shape index (κ1) is 23.2. The maximum atomic E-state index is 13.2. The fourth-order valence-electron chi connectivity index (χ4n) is 2.64. The maximum Gasteiger partial charge on any atom is 0.355 e. The topological polar surface area (TPSA) is 105 Å². The number of carbonyl (C=O) groups excluding carboxylic acids is 2. The Labute approximate surface area is 175 Å². The third-order valence-electron chi connectivity index (χ3n) is 3.97. The van der Waals surface area contributed by atoms with Crippen LogP contribution in [0.4, 0.5) is 0 Å². The van der Waals surface area contributed by atoms with E-state index in [1.807, 2.05) is 0 Å². The van der Waals surface area contributed by atoms with Gasteiger partial charge in [0, 0.05) is 5.56 Å². The van der Waals surface area contributed by atoms with Crippen LogP contribution in [0, 0.1) is 11.3 Å². The first-order valence-corrected chi connectivity index (χ1v) is 11.0. The van der Waals surface area contributed by atoms with E-state index in [-0.39, 0.29) is 18.9 Å². The normalized spacial score (nSPS) is 12.6. The number of amides is 1. The van der Waals surface area contributed by atoms with Crippen LogP contribution in [0.1, 0.15) is 29.8 Å². The summed E-state index contributed by atoms with van der Waals surface area (Å²) in [6, 6.07) is 18.8. The average Bonchev–Trinajstić information content (AvgIpc) is 2.75. The lowest BCUT2D eigenvalue weighted by Gasteiger charge is -2.21. The molecule has 1 N–H and O–H groups in total. The number of allylic oxidation sites excluding steroid dienone is 1. The molecule has 2 aromatic rings. The summed E-state index contributed by atoms with van der Waals surface area (Å²) < 4.78 is 23.4. The van der Waals surface area contributed by atoms with Gasteiger partial charge in [-0.3, -0.25) is 14.2 Å². The van der Waals surface area contributed by atoms with Crippen LogP contribution < -0.4 is 5.32 Å². The lowest BCUT2D eigenvalue weighted by molar-refractivity contribution is -0.115. The molecule has 7 nitrogen and oxygen atoms in total. The molecule has 30 heavy (non-hydrogen) atoms. The minimum atomic E-state index is -4.06. The average molecular weight is 426 g/mol. The van der Waals surface area contributed by atoms with Crippen LogP contribution in [0.25, 0.3) is 6.08 Å². The molecule has 1 atom stereocenters. The lowest BCUT2D eigenvalue weighted by atomic mass is 10.1. The van der Waals surface area contributed by atoms with E-state index in [1.165, 1.54) is 6.08 Å². The highest BCUT2D eigenvalue weighted by molar-refractivity contribution is 7.56. The standard InChI is InChI=1S/C22H23N2O5P/c1-3-28-30(27,29-4-2)20(16-23)21(25)19(15-17-11-7-5-8-12-17)24-22(26)18-13-9-6-10-14-18/h5-15,20H,3-4H2,1-2H3,(H,24,26)/b19-15+. The van der Waals surface area contributed by atoms with Gasteiger partial charge in [-0.25, -0.2) is 0 Å². The molecule has 0 bridgehead atoms. The first-order valence-electron chi connectivity index (χ1n) is 9.41. The molecule has 2 aromatic carbocycles. The maximum absolute atomic E-state index is 13.2. The molecule has 0 spiro atoms. The summed E-state index contributed by atoms with van der Waals surface area (Å²) >= 11 is 0. The summed E-state index contributed by atoms with van der Waals surface area (Å²) in [6.45, 7) is 3.17. The van der Waals surface area contributed by atoms with E-state index in [2.05, 4.69) is 5.32 Å². The summed E-state index contributed by atoms with van der Waals surface area (Å²) in [5.74, 6) is -1.39. The second kappa shape index (κ2) is 11.2. The van der Waals surface area contributed by atoms with Gasteiger partial charge in [0.15, 0.2) is 0 Å². The van der Waals surface area contributed by atoms with Crippen molar-refractivity contribution < 1.29 is 23.2 Å². The van der Waals surface area contributed by atoms with Crippen LogP contribution in [0.2, 0.25) is 0 Å². The number of nitrogens with zero attached hydrogens (tertiary/aromatic N) is 1. The Morgan fingerprint density at radius 1 is 1.03 bits per heavy atom. The number of Topliss-reactive ketones (excluding diaryl/α,β-unsaturated/α-hetero) is 1. The smallest absolute Gasteiger partial charge is 0.319 e. The number of hydrogen-bond donors (Lipinski definition) is 1. The molecular formula is C22H23N2O5P. The predicted octanol–water partition coefficient (Wildman–Crippen LogP) is 4.18. The largest absolute Gasteiger partial charge is 0.355 e. The zero-order chi connectivity index (χ0) is 22.0. The van der Waals surface area contributed by atoms with Gasteiger partial charge >= 0.3 is 7.60 Å². The van der Waals surface area contributed by atoms with Crippen LogP contribution in [-0.2, 0) is 18.4 Å². The number of ketones is 1. The second-order valence-electron chi connectivity index (χ2n) is 6.06. The van der Waals surface area contributed by atoms with Crippen LogP contribution >= 0.6 is 7.60 Å².